The highest BCUT2D eigenvalue weighted by molar-refractivity contribution is 7.89. The first kappa shape index (κ1) is 22.4. The first-order valence-corrected chi connectivity index (χ1v) is 12.4. The number of fused-ring (bicyclic) bond motifs is 1. The fraction of sp³-hybridized carbons (Fsp3) is 0.304. The lowest BCUT2D eigenvalue weighted by molar-refractivity contribution is 0.0730. The number of nitrogens with zero attached hydrogens (tertiary/aromatic N) is 3. The molecule has 0 N–H and O–H groups in total. The van der Waals surface area contributed by atoms with Gasteiger partial charge >= 0.3 is 0 Å². The molecule has 0 saturated carbocycles. The number of sulfonamides is 1. The van der Waals surface area contributed by atoms with Gasteiger partial charge in [-0.3, -0.25) is 4.79 Å². The zero-order valence-corrected chi connectivity index (χ0v) is 19.5. The van der Waals surface area contributed by atoms with Crippen LogP contribution in [0.4, 0.5) is 0 Å². The first-order chi connectivity index (χ1) is 15.3. The minimum atomic E-state index is -3.62. The molecule has 9 heteroatoms. The number of aryl methyl sites for hydroxylation is 2. The number of amides is 1. The Morgan fingerprint density at radius 1 is 1.19 bits per heavy atom. The Morgan fingerprint density at radius 2 is 1.88 bits per heavy atom. The highest BCUT2D eigenvalue weighted by atomic mass is 32.2. The fourth-order valence-electron chi connectivity index (χ4n) is 3.77. The molecule has 1 aromatic heterocycles. The van der Waals surface area contributed by atoms with E-state index in [4.69, 9.17) is 11.2 Å². The zero-order valence-electron chi connectivity index (χ0n) is 17.9. The van der Waals surface area contributed by atoms with Gasteiger partial charge in [0.2, 0.25) is 10.0 Å². The molecule has 7 nitrogen and oxygen atoms in total. The number of aromatic nitrogens is 1. The van der Waals surface area contributed by atoms with E-state index in [2.05, 4.69) is 23.0 Å². The van der Waals surface area contributed by atoms with Crippen LogP contribution in [0, 0.1) is 26.2 Å². The number of benzene rings is 2. The lowest BCUT2D eigenvalue weighted by atomic mass is 10.1. The second-order valence-corrected chi connectivity index (χ2v) is 10.5. The summed E-state index contributed by atoms with van der Waals surface area (Å²) in [6, 6.07) is 10.00. The van der Waals surface area contributed by atoms with Gasteiger partial charge in [-0.2, -0.15) is 9.30 Å². The molecule has 0 spiro atoms. The number of carbonyl (C=O) groups is 1. The number of ether oxygens (including phenoxy) is 1. The van der Waals surface area contributed by atoms with E-state index in [0.29, 0.717) is 43.2 Å². The van der Waals surface area contributed by atoms with Crippen LogP contribution in [0.25, 0.3) is 10.2 Å². The molecule has 1 aliphatic rings. The van der Waals surface area contributed by atoms with E-state index in [0.717, 1.165) is 21.3 Å². The van der Waals surface area contributed by atoms with E-state index in [1.165, 1.54) is 39.9 Å². The number of rotatable bonds is 4. The van der Waals surface area contributed by atoms with Crippen molar-refractivity contribution in [2.24, 2.45) is 4.99 Å². The van der Waals surface area contributed by atoms with Crippen molar-refractivity contribution in [1.82, 2.24) is 8.87 Å². The van der Waals surface area contributed by atoms with E-state index < -0.39 is 15.9 Å². The smallest absolute Gasteiger partial charge is 0.279 e. The van der Waals surface area contributed by atoms with Crippen LogP contribution in [0.15, 0.2) is 46.3 Å². The molecule has 2 aromatic carbocycles. The van der Waals surface area contributed by atoms with Gasteiger partial charge in [0.25, 0.3) is 5.91 Å². The van der Waals surface area contributed by atoms with Crippen LogP contribution in [0.3, 0.4) is 0 Å². The lowest BCUT2D eigenvalue weighted by Crippen LogP contribution is -2.40. The molecule has 0 radical (unpaired) electrons. The maximum atomic E-state index is 12.9. The summed E-state index contributed by atoms with van der Waals surface area (Å²) < 4.78 is 35.0. The number of hydrogen-bond acceptors (Lipinski definition) is 5. The Kier molecular flexibility index (Phi) is 6.31. The summed E-state index contributed by atoms with van der Waals surface area (Å²) in [6.45, 7) is 5.71. The van der Waals surface area contributed by atoms with Gasteiger partial charge in [-0.15, -0.1) is 6.42 Å². The number of thiazole rings is 1. The number of carbonyl (C=O) groups excluding carboxylic acids is 1. The van der Waals surface area contributed by atoms with Gasteiger partial charge < -0.3 is 9.30 Å². The summed E-state index contributed by atoms with van der Waals surface area (Å²) in [5, 5.41) is 0. The molecule has 1 fully saturated rings. The van der Waals surface area contributed by atoms with Gasteiger partial charge in [0.15, 0.2) is 4.80 Å². The summed E-state index contributed by atoms with van der Waals surface area (Å²) in [7, 11) is -3.62. The number of terminal acetylenes is 1. The molecule has 0 atom stereocenters. The Labute approximate surface area is 191 Å². The largest absolute Gasteiger partial charge is 0.379 e. The summed E-state index contributed by atoms with van der Waals surface area (Å²) in [4.78, 5) is 17.8. The van der Waals surface area contributed by atoms with E-state index in [1.807, 2.05) is 18.4 Å². The van der Waals surface area contributed by atoms with Crippen molar-refractivity contribution in [3.8, 4) is 12.3 Å². The Balaban J connectivity index is 1.68. The van der Waals surface area contributed by atoms with E-state index in [-0.39, 0.29) is 4.90 Å². The van der Waals surface area contributed by atoms with Crippen LogP contribution in [0.1, 0.15) is 21.5 Å². The van der Waals surface area contributed by atoms with Crippen molar-refractivity contribution >= 4 is 37.5 Å². The fourth-order valence-corrected chi connectivity index (χ4v) is 6.38. The topological polar surface area (TPSA) is 81.0 Å². The van der Waals surface area contributed by atoms with Gasteiger partial charge in [0.1, 0.15) is 0 Å². The molecule has 1 amide bonds. The number of hydrogen-bond donors (Lipinski definition) is 0. The minimum Gasteiger partial charge on any atom is -0.379 e. The van der Waals surface area contributed by atoms with Gasteiger partial charge in [0.05, 0.1) is 34.9 Å². The average molecular weight is 470 g/mol. The van der Waals surface area contributed by atoms with Crippen LogP contribution in [0.5, 0.6) is 0 Å². The predicted octanol–water partition coefficient (Wildman–Crippen LogP) is 2.71. The third-order valence-electron chi connectivity index (χ3n) is 5.27. The van der Waals surface area contributed by atoms with Crippen molar-refractivity contribution in [2.75, 3.05) is 26.3 Å². The Bertz CT molecular complexity index is 1390. The first-order valence-electron chi connectivity index (χ1n) is 10.1. The minimum absolute atomic E-state index is 0.145. The predicted molar refractivity (Wildman–Crippen MR) is 124 cm³/mol. The van der Waals surface area contributed by atoms with Gasteiger partial charge in [0, 0.05) is 18.7 Å². The highest BCUT2D eigenvalue weighted by Crippen LogP contribution is 2.23. The van der Waals surface area contributed by atoms with Gasteiger partial charge in [-0.05, 0) is 55.3 Å². The van der Waals surface area contributed by atoms with Crippen molar-refractivity contribution in [3.63, 3.8) is 0 Å². The van der Waals surface area contributed by atoms with Crippen LogP contribution < -0.4 is 4.80 Å². The van der Waals surface area contributed by atoms with Crippen molar-refractivity contribution < 1.29 is 17.9 Å². The van der Waals surface area contributed by atoms with E-state index in [1.54, 1.807) is 0 Å². The normalized spacial score (nSPS) is 15.7. The van der Waals surface area contributed by atoms with Crippen LogP contribution in [-0.2, 0) is 21.3 Å². The third-order valence-corrected chi connectivity index (χ3v) is 8.21. The molecule has 0 aliphatic carbocycles. The molecule has 166 valence electrons. The molecule has 4 rings (SSSR count). The second kappa shape index (κ2) is 9.00. The van der Waals surface area contributed by atoms with Crippen molar-refractivity contribution in [3.05, 3.63) is 57.9 Å². The Hall–Kier alpha value is -2.77. The van der Waals surface area contributed by atoms with Crippen LogP contribution >= 0.6 is 11.3 Å². The molecule has 0 bridgehead atoms. The maximum absolute atomic E-state index is 12.9. The molecule has 0 unspecified atom stereocenters. The van der Waals surface area contributed by atoms with Crippen molar-refractivity contribution in [1.29, 1.82) is 0 Å². The summed E-state index contributed by atoms with van der Waals surface area (Å²) >= 11 is 1.41. The van der Waals surface area contributed by atoms with Gasteiger partial charge in [-0.25, -0.2) is 8.42 Å². The summed E-state index contributed by atoms with van der Waals surface area (Å²) in [6.07, 6.45) is 5.56. The summed E-state index contributed by atoms with van der Waals surface area (Å²) in [5.41, 5.74) is 3.47. The standard InChI is InChI=1S/C23H23N3O4S2/c1-4-9-26-21-17(3)14-16(2)15-20(21)31-23(26)24-22(27)18-5-7-19(8-6-18)32(28,29)25-10-12-30-13-11-25/h1,5-8,14-15H,9-13H2,2-3H3. The molecule has 1 saturated heterocycles. The molecule has 1 aliphatic heterocycles. The number of morpholine rings is 1. The summed E-state index contributed by atoms with van der Waals surface area (Å²) in [5.74, 6) is 2.18. The Morgan fingerprint density at radius 3 is 2.53 bits per heavy atom. The average Bonchev–Trinajstić information content (AvgIpc) is 3.11. The maximum Gasteiger partial charge on any atom is 0.279 e. The quantitative estimate of drug-likeness (QED) is 0.551. The lowest BCUT2D eigenvalue weighted by Gasteiger charge is -2.26. The van der Waals surface area contributed by atoms with Crippen LogP contribution in [-0.4, -0.2) is 49.5 Å². The zero-order chi connectivity index (χ0) is 22.9. The third kappa shape index (κ3) is 4.27. The highest BCUT2D eigenvalue weighted by Gasteiger charge is 2.26. The molecule has 3 aromatic rings. The molecular weight excluding hydrogens is 446 g/mol. The van der Waals surface area contributed by atoms with E-state index >= 15 is 0 Å². The monoisotopic (exact) mass is 469 g/mol. The SMILES string of the molecule is C#CCn1c(=NC(=O)c2ccc(S(=O)(=O)N3CCOCC3)cc2)sc2cc(C)cc(C)c21. The molecular formula is C23H23N3O4S2. The molecule has 2 heterocycles. The molecule has 32 heavy (non-hydrogen) atoms. The van der Waals surface area contributed by atoms with Crippen molar-refractivity contribution in [2.45, 2.75) is 25.3 Å². The van der Waals surface area contributed by atoms with E-state index in [9.17, 15) is 13.2 Å². The second-order valence-electron chi connectivity index (χ2n) is 7.56. The van der Waals surface area contributed by atoms with Crippen LogP contribution in [0.2, 0.25) is 0 Å². The van der Waals surface area contributed by atoms with Gasteiger partial charge in [-0.1, -0.05) is 23.3 Å².